The van der Waals surface area contributed by atoms with Gasteiger partial charge in [-0.25, -0.2) is 9.18 Å². The first-order valence-electron chi connectivity index (χ1n) is 8.35. The van der Waals surface area contributed by atoms with Gasteiger partial charge in [0.15, 0.2) is 0 Å². The van der Waals surface area contributed by atoms with Crippen LogP contribution >= 0.6 is 0 Å². The molecule has 0 aromatic heterocycles. The van der Waals surface area contributed by atoms with Crippen LogP contribution in [0.4, 0.5) is 20.6 Å². The molecule has 5 heteroatoms. The van der Waals surface area contributed by atoms with Crippen molar-refractivity contribution in [1.29, 1.82) is 0 Å². The SMILES string of the molecule is CCCCCCCNc1cc(NC(=O)OC(C)(C)C)ccc1F. The fourth-order valence-corrected chi connectivity index (χ4v) is 2.11. The van der Waals surface area contributed by atoms with Crippen LogP contribution in [0, 0.1) is 5.82 Å². The van der Waals surface area contributed by atoms with E-state index in [2.05, 4.69) is 17.6 Å². The summed E-state index contributed by atoms with van der Waals surface area (Å²) in [5, 5.41) is 5.70. The van der Waals surface area contributed by atoms with Gasteiger partial charge in [-0.3, -0.25) is 5.32 Å². The third-order valence-corrected chi connectivity index (χ3v) is 3.21. The van der Waals surface area contributed by atoms with Gasteiger partial charge in [0.25, 0.3) is 0 Å². The Balaban J connectivity index is 2.50. The van der Waals surface area contributed by atoms with Gasteiger partial charge < -0.3 is 10.1 Å². The number of carbonyl (C=O) groups is 1. The molecule has 0 bridgehead atoms. The van der Waals surface area contributed by atoms with Crippen LogP contribution in [0.25, 0.3) is 0 Å². The van der Waals surface area contributed by atoms with Crippen molar-refractivity contribution < 1.29 is 13.9 Å². The second-order valence-corrected chi connectivity index (χ2v) is 6.66. The van der Waals surface area contributed by atoms with Crippen molar-refractivity contribution in [2.45, 2.75) is 65.4 Å². The van der Waals surface area contributed by atoms with Crippen LogP contribution in [0.15, 0.2) is 18.2 Å². The lowest BCUT2D eigenvalue weighted by atomic mass is 10.1. The Morgan fingerprint density at radius 2 is 1.87 bits per heavy atom. The molecule has 0 aliphatic heterocycles. The van der Waals surface area contributed by atoms with E-state index in [0.29, 0.717) is 11.4 Å². The average Bonchev–Trinajstić information content (AvgIpc) is 2.43. The van der Waals surface area contributed by atoms with E-state index in [9.17, 15) is 9.18 Å². The number of unbranched alkanes of at least 4 members (excludes halogenated alkanes) is 4. The summed E-state index contributed by atoms with van der Waals surface area (Å²) >= 11 is 0. The van der Waals surface area contributed by atoms with Crippen molar-refractivity contribution in [3.8, 4) is 0 Å². The van der Waals surface area contributed by atoms with Crippen molar-refractivity contribution in [3.05, 3.63) is 24.0 Å². The van der Waals surface area contributed by atoms with E-state index in [0.717, 1.165) is 19.4 Å². The summed E-state index contributed by atoms with van der Waals surface area (Å²) in [4.78, 5) is 11.7. The zero-order valence-corrected chi connectivity index (χ0v) is 14.7. The molecule has 1 aromatic rings. The van der Waals surface area contributed by atoms with E-state index in [-0.39, 0.29) is 5.82 Å². The molecule has 0 spiro atoms. The molecule has 0 unspecified atom stereocenters. The molecule has 1 aromatic carbocycles. The van der Waals surface area contributed by atoms with Gasteiger partial charge in [-0.1, -0.05) is 32.6 Å². The standard InChI is InChI=1S/C18H29FN2O2/c1-5-6-7-8-9-12-20-16-13-14(10-11-15(16)19)21-17(22)23-18(2,3)4/h10-11,13,20H,5-9,12H2,1-4H3,(H,21,22). The van der Waals surface area contributed by atoms with E-state index >= 15 is 0 Å². The Kier molecular flexibility index (Phi) is 7.86. The Labute approximate surface area is 138 Å². The van der Waals surface area contributed by atoms with Gasteiger partial charge in [0, 0.05) is 12.2 Å². The van der Waals surface area contributed by atoms with Crippen molar-refractivity contribution in [2.75, 3.05) is 17.2 Å². The number of benzene rings is 1. The number of halogens is 1. The van der Waals surface area contributed by atoms with Crippen LogP contribution in [0.5, 0.6) is 0 Å². The van der Waals surface area contributed by atoms with E-state index in [1.54, 1.807) is 26.8 Å². The van der Waals surface area contributed by atoms with Crippen molar-refractivity contribution in [2.24, 2.45) is 0 Å². The number of rotatable bonds is 8. The molecule has 0 aliphatic carbocycles. The predicted octanol–water partition coefficient (Wildman–Crippen LogP) is 5.56. The molecule has 2 N–H and O–H groups in total. The molecule has 23 heavy (non-hydrogen) atoms. The van der Waals surface area contributed by atoms with Gasteiger partial charge in [-0.15, -0.1) is 0 Å². The predicted molar refractivity (Wildman–Crippen MR) is 93.5 cm³/mol. The molecule has 0 saturated heterocycles. The fraction of sp³-hybridized carbons (Fsp3) is 0.611. The molecule has 1 amide bonds. The monoisotopic (exact) mass is 324 g/mol. The first-order chi connectivity index (χ1) is 10.8. The second kappa shape index (κ2) is 9.38. The average molecular weight is 324 g/mol. The summed E-state index contributed by atoms with van der Waals surface area (Å²) < 4.78 is 19.0. The molecule has 0 radical (unpaired) electrons. The van der Waals surface area contributed by atoms with Gasteiger partial charge in [0.2, 0.25) is 0 Å². The lowest BCUT2D eigenvalue weighted by Crippen LogP contribution is -2.27. The van der Waals surface area contributed by atoms with Crippen LogP contribution < -0.4 is 10.6 Å². The quantitative estimate of drug-likeness (QED) is 0.616. The van der Waals surface area contributed by atoms with Gasteiger partial charge in [0.05, 0.1) is 5.69 Å². The van der Waals surface area contributed by atoms with Gasteiger partial charge in [0.1, 0.15) is 11.4 Å². The Bertz CT molecular complexity index is 498. The molecule has 4 nitrogen and oxygen atoms in total. The first kappa shape index (κ1) is 19.3. The lowest BCUT2D eigenvalue weighted by Gasteiger charge is -2.20. The van der Waals surface area contributed by atoms with Crippen LogP contribution in [0.1, 0.15) is 59.8 Å². The summed E-state index contributed by atoms with van der Waals surface area (Å²) in [6.45, 7) is 8.28. The van der Waals surface area contributed by atoms with Crippen molar-refractivity contribution in [1.82, 2.24) is 0 Å². The number of anilines is 2. The van der Waals surface area contributed by atoms with E-state index in [1.165, 1.54) is 31.4 Å². The Hall–Kier alpha value is -1.78. The lowest BCUT2D eigenvalue weighted by molar-refractivity contribution is 0.0636. The molecule has 0 fully saturated rings. The maximum absolute atomic E-state index is 13.8. The van der Waals surface area contributed by atoms with Crippen LogP contribution in [0.2, 0.25) is 0 Å². The fourth-order valence-electron chi connectivity index (χ4n) is 2.11. The minimum absolute atomic E-state index is 0.326. The highest BCUT2D eigenvalue weighted by atomic mass is 19.1. The van der Waals surface area contributed by atoms with Crippen molar-refractivity contribution in [3.63, 3.8) is 0 Å². The maximum atomic E-state index is 13.8. The number of hydrogen-bond acceptors (Lipinski definition) is 3. The first-order valence-corrected chi connectivity index (χ1v) is 8.35. The minimum atomic E-state index is -0.566. The number of hydrogen-bond donors (Lipinski definition) is 2. The van der Waals surface area contributed by atoms with Crippen LogP contribution in [0.3, 0.4) is 0 Å². The second-order valence-electron chi connectivity index (χ2n) is 6.66. The summed E-state index contributed by atoms with van der Waals surface area (Å²) in [5.41, 5.74) is 0.340. The molecule has 130 valence electrons. The van der Waals surface area contributed by atoms with E-state index in [4.69, 9.17) is 4.74 Å². The number of nitrogens with one attached hydrogen (secondary N) is 2. The third kappa shape index (κ3) is 8.43. The third-order valence-electron chi connectivity index (χ3n) is 3.21. The summed E-state index contributed by atoms with van der Waals surface area (Å²) in [5.74, 6) is -0.326. The zero-order chi connectivity index (χ0) is 17.3. The highest BCUT2D eigenvalue weighted by Crippen LogP contribution is 2.20. The minimum Gasteiger partial charge on any atom is -0.444 e. The molecule has 0 atom stereocenters. The van der Waals surface area contributed by atoms with E-state index in [1.807, 2.05) is 0 Å². The highest BCUT2D eigenvalue weighted by Gasteiger charge is 2.16. The molecular weight excluding hydrogens is 295 g/mol. The summed E-state index contributed by atoms with van der Waals surface area (Å²) in [6, 6.07) is 4.45. The van der Waals surface area contributed by atoms with Crippen LogP contribution in [-0.4, -0.2) is 18.2 Å². The van der Waals surface area contributed by atoms with Crippen molar-refractivity contribution >= 4 is 17.5 Å². The molecule has 0 heterocycles. The number of ether oxygens (including phenoxy) is 1. The molecule has 1 rings (SSSR count). The smallest absolute Gasteiger partial charge is 0.412 e. The Morgan fingerprint density at radius 3 is 2.52 bits per heavy atom. The topological polar surface area (TPSA) is 50.4 Å². The zero-order valence-electron chi connectivity index (χ0n) is 14.7. The summed E-state index contributed by atoms with van der Waals surface area (Å²) in [7, 11) is 0. The van der Waals surface area contributed by atoms with Gasteiger partial charge >= 0.3 is 6.09 Å². The van der Waals surface area contributed by atoms with Crippen LogP contribution in [-0.2, 0) is 4.74 Å². The number of amides is 1. The van der Waals surface area contributed by atoms with Gasteiger partial charge in [-0.2, -0.15) is 0 Å². The number of carbonyl (C=O) groups excluding carboxylic acids is 1. The summed E-state index contributed by atoms with van der Waals surface area (Å²) in [6.07, 6.45) is 5.25. The molecular formula is C18H29FN2O2. The normalized spacial score (nSPS) is 11.2. The van der Waals surface area contributed by atoms with Gasteiger partial charge in [-0.05, 0) is 45.4 Å². The largest absolute Gasteiger partial charge is 0.444 e. The maximum Gasteiger partial charge on any atom is 0.412 e. The van der Waals surface area contributed by atoms with E-state index < -0.39 is 11.7 Å². The molecule has 0 aliphatic rings. The highest BCUT2D eigenvalue weighted by molar-refractivity contribution is 5.85. The Morgan fingerprint density at radius 1 is 1.17 bits per heavy atom. The molecule has 0 saturated carbocycles.